The molecule has 0 aromatic heterocycles. The van der Waals surface area contributed by atoms with E-state index in [9.17, 15) is 4.79 Å². The smallest absolute Gasteiger partial charge is 0.307 e. The molecule has 0 radical (unpaired) electrons. The van der Waals surface area contributed by atoms with E-state index in [1.165, 1.54) is 12.8 Å². The lowest BCUT2D eigenvalue weighted by Crippen LogP contribution is -2.50. The van der Waals surface area contributed by atoms with Crippen LogP contribution in [0.15, 0.2) is 0 Å². The first-order valence-corrected chi connectivity index (χ1v) is 6.06. The van der Waals surface area contributed by atoms with Gasteiger partial charge in [-0.05, 0) is 40.4 Å². The van der Waals surface area contributed by atoms with Gasteiger partial charge in [-0.3, -0.25) is 9.69 Å². The third kappa shape index (κ3) is 3.19. The molecule has 1 saturated heterocycles. The zero-order chi connectivity index (χ0) is 12.3. The molecule has 1 aliphatic rings. The van der Waals surface area contributed by atoms with Gasteiger partial charge >= 0.3 is 5.97 Å². The predicted molar refractivity (Wildman–Crippen MR) is 64.5 cm³/mol. The normalized spacial score (nSPS) is 26.7. The van der Waals surface area contributed by atoms with Crippen LogP contribution in [0.4, 0.5) is 0 Å². The Labute approximate surface area is 98.2 Å². The van der Waals surface area contributed by atoms with E-state index in [0.29, 0.717) is 6.04 Å². The number of aliphatic carboxylic acids is 1. The second-order valence-corrected chi connectivity index (χ2v) is 5.09. The summed E-state index contributed by atoms with van der Waals surface area (Å²) in [5.41, 5.74) is 0. The molecular weight excluding hydrogens is 204 g/mol. The molecule has 1 aliphatic heterocycles. The van der Waals surface area contributed by atoms with Gasteiger partial charge < -0.3 is 10.0 Å². The Morgan fingerprint density at radius 2 is 2.12 bits per heavy atom. The Morgan fingerprint density at radius 3 is 2.62 bits per heavy atom. The summed E-state index contributed by atoms with van der Waals surface area (Å²) in [4.78, 5) is 15.5. The second kappa shape index (κ2) is 5.64. The quantitative estimate of drug-likeness (QED) is 0.783. The van der Waals surface area contributed by atoms with Crippen LogP contribution in [0.3, 0.4) is 0 Å². The fourth-order valence-electron chi connectivity index (χ4n) is 2.36. The van der Waals surface area contributed by atoms with Crippen LogP contribution in [-0.4, -0.2) is 60.1 Å². The van der Waals surface area contributed by atoms with E-state index < -0.39 is 5.97 Å². The predicted octanol–water partition coefficient (Wildman–Crippen LogP) is 1.12. The number of hydrogen-bond donors (Lipinski definition) is 1. The Morgan fingerprint density at radius 1 is 1.50 bits per heavy atom. The number of rotatable bonds is 4. The van der Waals surface area contributed by atoms with E-state index in [2.05, 4.69) is 16.8 Å². The van der Waals surface area contributed by atoms with Crippen molar-refractivity contribution in [1.82, 2.24) is 9.80 Å². The molecule has 0 bridgehead atoms. The fraction of sp³-hybridized carbons (Fsp3) is 0.917. The molecule has 1 rings (SSSR count). The average Bonchev–Trinajstić information content (AvgIpc) is 2.26. The van der Waals surface area contributed by atoms with Crippen molar-refractivity contribution >= 4 is 5.97 Å². The van der Waals surface area contributed by atoms with Crippen molar-refractivity contribution in [3.8, 4) is 0 Å². The molecule has 1 fully saturated rings. The molecule has 1 heterocycles. The first kappa shape index (κ1) is 13.5. The first-order chi connectivity index (χ1) is 7.43. The molecule has 1 N–H and O–H groups in total. The Hall–Kier alpha value is -0.610. The second-order valence-electron chi connectivity index (χ2n) is 5.09. The number of likely N-dealkylation sites (N-methyl/N-ethyl adjacent to an activating group) is 2. The van der Waals surface area contributed by atoms with Crippen molar-refractivity contribution in [3.05, 3.63) is 0 Å². The molecule has 0 amide bonds. The summed E-state index contributed by atoms with van der Waals surface area (Å²) < 4.78 is 0. The zero-order valence-electron chi connectivity index (χ0n) is 10.8. The number of nitrogens with zero attached hydrogens (tertiary/aromatic N) is 2. The van der Waals surface area contributed by atoms with Crippen LogP contribution in [0.1, 0.15) is 26.7 Å². The molecule has 0 aromatic rings. The van der Waals surface area contributed by atoms with E-state index in [1.54, 1.807) is 6.92 Å². The molecule has 4 heteroatoms. The molecule has 3 unspecified atom stereocenters. The highest BCUT2D eigenvalue weighted by atomic mass is 16.4. The van der Waals surface area contributed by atoms with Crippen molar-refractivity contribution in [3.63, 3.8) is 0 Å². The summed E-state index contributed by atoms with van der Waals surface area (Å²) in [6, 6.07) is 0.588. The third-order valence-corrected chi connectivity index (χ3v) is 3.93. The monoisotopic (exact) mass is 228 g/mol. The number of carboxylic acid groups (broad SMARTS) is 1. The van der Waals surface area contributed by atoms with Gasteiger partial charge in [0, 0.05) is 18.6 Å². The highest BCUT2D eigenvalue weighted by Gasteiger charge is 2.29. The van der Waals surface area contributed by atoms with Gasteiger partial charge in [-0.25, -0.2) is 0 Å². The van der Waals surface area contributed by atoms with Gasteiger partial charge in [-0.15, -0.1) is 0 Å². The molecular formula is C12H24N2O2. The lowest BCUT2D eigenvalue weighted by Gasteiger charge is -2.40. The minimum atomic E-state index is -0.705. The molecule has 0 aromatic carbocycles. The molecule has 4 nitrogen and oxygen atoms in total. The summed E-state index contributed by atoms with van der Waals surface area (Å²) in [6.45, 7) is 6.00. The van der Waals surface area contributed by atoms with Gasteiger partial charge in [0.05, 0.1) is 5.92 Å². The van der Waals surface area contributed by atoms with Crippen molar-refractivity contribution in [1.29, 1.82) is 0 Å². The topological polar surface area (TPSA) is 43.8 Å². The first-order valence-electron chi connectivity index (χ1n) is 6.06. The van der Waals surface area contributed by atoms with Crippen LogP contribution in [-0.2, 0) is 4.79 Å². The average molecular weight is 228 g/mol. The number of carbonyl (C=O) groups is 1. The number of likely N-dealkylation sites (tertiary alicyclic amines) is 1. The van der Waals surface area contributed by atoms with Crippen molar-refractivity contribution in [2.45, 2.75) is 38.8 Å². The van der Waals surface area contributed by atoms with E-state index in [-0.39, 0.29) is 12.0 Å². The molecule has 0 aliphatic carbocycles. The maximum absolute atomic E-state index is 11.0. The SMILES string of the molecule is CC(C(=O)O)C(C)N(C)C1CCCN(C)C1. The summed E-state index contributed by atoms with van der Waals surface area (Å²) in [7, 11) is 4.18. The maximum Gasteiger partial charge on any atom is 0.307 e. The molecule has 0 spiro atoms. The van der Waals surface area contributed by atoms with Gasteiger partial charge in [0.15, 0.2) is 0 Å². The fourth-order valence-corrected chi connectivity index (χ4v) is 2.36. The van der Waals surface area contributed by atoms with Crippen LogP contribution in [0.25, 0.3) is 0 Å². The van der Waals surface area contributed by atoms with Crippen LogP contribution in [0.2, 0.25) is 0 Å². The lowest BCUT2D eigenvalue weighted by atomic mass is 9.98. The van der Waals surface area contributed by atoms with Gasteiger partial charge in [0.25, 0.3) is 0 Å². The zero-order valence-corrected chi connectivity index (χ0v) is 10.8. The summed E-state index contributed by atoms with van der Waals surface area (Å²) in [5.74, 6) is -1.01. The summed E-state index contributed by atoms with van der Waals surface area (Å²) in [5, 5.41) is 9.01. The van der Waals surface area contributed by atoms with Gasteiger partial charge in [-0.1, -0.05) is 6.92 Å². The molecule has 3 atom stereocenters. The highest BCUT2D eigenvalue weighted by molar-refractivity contribution is 5.70. The number of piperidine rings is 1. The van der Waals surface area contributed by atoms with E-state index >= 15 is 0 Å². The molecule has 0 saturated carbocycles. The van der Waals surface area contributed by atoms with E-state index in [1.807, 2.05) is 14.0 Å². The third-order valence-electron chi connectivity index (χ3n) is 3.93. The standard InChI is InChI=1S/C12H24N2O2/c1-9(12(15)16)10(2)14(4)11-6-5-7-13(3)8-11/h9-11H,5-8H2,1-4H3,(H,15,16). The van der Waals surface area contributed by atoms with Crippen molar-refractivity contribution in [2.24, 2.45) is 5.92 Å². The minimum Gasteiger partial charge on any atom is -0.481 e. The number of carboxylic acids is 1. The summed E-state index contributed by atoms with van der Waals surface area (Å²) >= 11 is 0. The van der Waals surface area contributed by atoms with Crippen LogP contribution in [0.5, 0.6) is 0 Å². The maximum atomic E-state index is 11.0. The molecule has 16 heavy (non-hydrogen) atoms. The van der Waals surface area contributed by atoms with Gasteiger partial charge in [0.1, 0.15) is 0 Å². The Kier molecular flexibility index (Phi) is 4.74. The van der Waals surface area contributed by atoms with Crippen molar-refractivity contribution < 1.29 is 9.90 Å². The summed E-state index contributed by atoms with van der Waals surface area (Å²) in [6.07, 6.45) is 2.39. The van der Waals surface area contributed by atoms with Gasteiger partial charge in [-0.2, -0.15) is 0 Å². The Bertz CT molecular complexity index is 245. The largest absolute Gasteiger partial charge is 0.481 e. The van der Waals surface area contributed by atoms with E-state index in [4.69, 9.17) is 5.11 Å². The van der Waals surface area contributed by atoms with Crippen LogP contribution in [0, 0.1) is 5.92 Å². The molecule has 94 valence electrons. The van der Waals surface area contributed by atoms with Crippen LogP contribution < -0.4 is 0 Å². The lowest BCUT2D eigenvalue weighted by molar-refractivity contribution is -0.143. The van der Waals surface area contributed by atoms with Gasteiger partial charge in [0.2, 0.25) is 0 Å². The highest BCUT2D eigenvalue weighted by Crippen LogP contribution is 2.19. The van der Waals surface area contributed by atoms with Crippen LogP contribution >= 0.6 is 0 Å². The van der Waals surface area contributed by atoms with Crippen molar-refractivity contribution in [2.75, 3.05) is 27.2 Å². The number of hydrogen-bond acceptors (Lipinski definition) is 3. The van der Waals surface area contributed by atoms with E-state index in [0.717, 1.165) is 13.1 Å². The minimum absolute atomic E-state index is 0.0917. The Balaban J connectivity index is 2.55.